The van der Waals surface area contributed by atoms with Crippen LogP contribution >= 0.6 is 0 Å². The molecule has 0 fully saturated rings. The van der Waals surface area contributed by atoms with Gasteiger partial charge in [0.15, 0.2) is 5.75 Å². The van der Waals surface area contributed by atoms with Crippen LogP contribution in [0.1, 0.15) is 5.56 Å². The molecule has 132 valence electrons. The zero-order chi connectivity index (χ0) is 19.3. The first-order valence-electron chi connectivity index (χ1n) is 7.10. The van der Waals surface area contributed by atoms with Gasteiger partial charge >= 0.3 is 5.69 Å². The molecule has 0 spiro atoms. The van der Waals surface area contributed by atoms with E-state index in [0.29, 0.717) is 0 Å². The Morgan fingerprint density at radius 2 is 2.12 bits per heavy atom. The van der Waals surface area contributed by atoms with Crippen LogP contribution in [0.25, 0.3) is 6.08 Å². The van der Waals surface area contributed by atoms with E-state index in [4.69, 9.17) is 4.74 Å². The summed E-state index contributed by atoms with van der Waals surface area (Å²) in [6.07, 6.45) is 1.06. The summed E-state index contributed by atoms with van der Waals surface area (Å²) in [7, 11) is 1.20. The number of phenolic OH excluding ortho intramolecular Hbond substituents is 1. The maximum Gasteiger partial charge on any atom is 0.315 e. The molecule has 0 bridgehead atoms. The molecule has 0 saturated carbocycles. The molecule has 0 heterocycles. The molecule has 2 rings (SSSR count). The third-order valence-electron chi connectivity index (χ3n) is 3.29. The minimum absolute atomic E-state index is 0.0755. The second-order valence-electron chi connectivity index (χ2n) is 4.95. The SMILES string of the molecule is COc1cc(/C=C(\C#N)C(=O)Nc2ccccc2F)cc([N+](=O)[O-])c1O. The van der Waals surface area contributed by atoms with Crippen molar-refractivity contribution in [3.05, 3.63) is 63.5 Å². The van der Waals surface area contributed by atoms with Crippen LogP contribution in [0.15, 0.2) is 42.0 Å². The van der Waals surface area contributed by atoms with Crippen molar-refractivity contribution in [2.75, 3.05) is 12.4 Å². The Hall–Kier alpha value is -3.93. The molecule has 0 atom stereocenters. The largest absolute Gasteiger partial charge is 0.500 e. The van der Waals surface area contributed by atoms with Gasteiger partial charge in [-0.1, -0.05) is 12.1 Å². The van der Waals surface area contributed by atoms with Crippen LogP contribution < -0.4 is 10.1 Å². The lowest BCUT2D eigenvalue weighted by molar-refractivity contribution is -0.386. The Morgan fingerprint density at radius 3 is 2.69 bits per heavy atom. The number of carbonyl (C=O) groups is 1. The van der Waals surface area contributed by atoms with Gasteiger partial charge in [0.25, 0.3) is 5.91 Å². The fraction of sp³-hybridized carbons (Fsp3) is 0.0588. The Bertz CT molecular complexity index is 950. The fourth-order valence-electron chi connectivity index (χ4n) is 2.06. The van der Waals surface area contributed by atoms with E-state index in [-0.39, 0.29) is 17.0 Å². The summed E-state index contributed by atoms with van der Waals surface area (Å²) >= 11 is 0. The molecule has 2 aromatic rings. The number of hydrogen-bond acceptors (Lipinski definition) is 6. The number of anilines is 1. The average molecular weight is 357 g/mol. The highest BCUT2D eigenvalue weighted by molar-refractivity contribution is 6.09. The van der Waals surface area contributed by atoms with Gasteiger partial charge in [0, 0.05) is 6.07 Å². The molecule has 0 aliphatic heterocycles. The van der Waals surface area contributed by atoms with Crippen molar-refractivity contribution >= 4 is 23.4 Å². The standard InChI is InChI=1S/C17H12FN3O5/c1-26-15-8-10(7-14(16(15)22)21(24)25)6-11(9-19)17(23)20-13-5-3-2-4-12(13)18/h2-8,22H,1H3,(H,20,23)/b11-6+. The lowest BCUT2D eigenvalue weighted by Gasteiger charge is -2.07. The Morgan fingerprint density at radius 1 is 1.42 bits per heavy atom. The van der Waals surface area contributed by atoms with E-state index in [9.17, 15) is 29.7 Å². The number of rotatable bonds is 5. The van der Waals surface area contributed by atoms with Crippen LogP contribution in [0.4, 0.5) is 15.8 Å². The average Bonchev–Trinajstić information content (AvgIpc) is 2.62. The Balaban J connectivity index is 2.41. The number of aromatic hydroxyl groups is 1. The first-order valence-corrected chi connectivity index (χ1v) is 7.10. The fourth-order valence-corrected chi connectivity index (χ4v) is 2.06. The number of nitrogens with zero attached hydrogens (tertiary/aromatic N) is 2. The van der Waals surface area contributed by atoms with Gasteiger partial charge in [0.2, 0.25) is 5.75 Å². The molecule has 1 amide bonds. The number of hydrogen-bond donors (Lipinski definition) is 2. The van der Waals surface area contributed by atoms with Crippen LogP contribution in [0.3, 0.4) is 0 Å². The van der Waals surface area contributed by atoms with E-state index in [0.717, 1.165) is 18.2 Å². The number of amides is 1. The number of nitro groups is 1. The molecule has 26 heavy (non-hydrogen) atoms. The number of para-hydroxylation sites is 1. The first-order chi connectivity index (χ1) is 12.4. The van der Waals surface area contributed by atoms with Gasteiger partial charge in [-0.25, -0.2) is 4.39 Å². The van der Waals surface area contributed by atoms with Gasteiger partial charge in [-0.15, -0.1) is 0 Å². The van der Waals surface area contributed by atoms with Crippen molar-refractivity contribution in [2.45, 2.75) is 0 Å². The lowest BCUT2D eigenvalue weighted by atomic mass is 10.1. The number of phenols is 1. The predicted molar refractivity (Wildman–Crippen MR) is 89.9 cm³/mol. The molecule has 0 radical (unpaired) electrons. The molecule has 2 aromatic carbocycles. The summed E-state index contributed by atoms with van der Waals surface area (Å²) < 4.78 is 18.4. The van der Waals surface area contributed by atoms with Gasteiger partial charge in [0.1, 0.15) is 17.5 Å². The maximum absolute atomic E-state index is 13.6. The summed E-state index contributed by atoms with van der Waals surface area (Å²) in [6, 6.07) is 9.24. The first kappa shape index (κ1) is 18.4. The molecule has 2 N–H and O–H groups in total. The molecule has 0 aromatic heterocycles. The summed E-state index contributed by atoms with van der Waals surface area (Å²) in [6.45, 7) is 0. The number of halogens is 1. The van der Waals surface area contributed by atoms with Gasteiger partial charge < -0.3 is 15.2 Å². The number of ether oxygens (including phenoxy) is 1. The third kappa shape index (κ3) is 3.93. The van der Waals surface area contributed by atoms with Crippen LogP contribution in [-0.4, -0.2) is 23.0 Å². The quantitative estimate of drug-likeness (QED) is 0.367. The number of carbonyl (C=O) groups excluding carboxylic acids is 1. The van der Waals surface area contributed by atoms with Crippen molar-refractivity contribution in [2.24, 2.45) is 0 Å². The second-order valence-corrected chi connectivity index (χ2v) is 4.95. The predicted octanol–water partition coefficient (Wildman–Crippen LogP) is 2.99. The van der Waals surface area contributed by atoms with Crippen molar-refractivity contribution in [3.63, 3.8) is 0 Å². The van der Waals surface area contributed by atoms with Crippen LogP contribution in [0.5, 0.6) is 11.5 Å². The van der Waals surface area contributed by atoms with E-state index >= 15 is 0 Å². The second kappa shape index (κ2) is 7.76. The van der Waals surface area contributed by atoms with Gasteiger partial charge in [0.05, 0.1) is 17.7 Å². The zero-order valence-electron chi connectivity index (χ0n) is 13.4. The maximum atomic E-state index is 13.6. The number of nitro benzene ring substituents is 1. The molecular weight excluding hydrogens is 345 g/mol. The monoisotopic (exact) mass is 357 g/mol. The molecule has 0 saturated heterocycles. The Kier molecular flexibility index (Phi) is 5.49. The zero-order valence-corrected chi connectivity index (χ0v) is 13.4. The van der Waals surface area contributed by atoms with Crippen molar-refractivity contribution < 1.29 is 24.0 Å². The topological polar surface area (TPSA) is 125 Å². The summed E-state index contributed by atoms with van der Waals surface area (Å²) in [5.74, 6) is -2.45. The molecular formula is C17H12FN3O5. The van der Waals surface area contributed by atoms with Gasteiger partial charge in [-0.2, -0.15) is 5.26 Å². The van der Waals surface area contributed by atoms with E-state index in [1.165, 1.54) is 31.4 Å². The summed E-state index contributed by atoms with van der Waals surface area (Å²) in [4.78, 5) is 22.3. The highest BCUT2D eigenvalue weighted by atomic mass is 19.1. The Labute approximate surface area is 146 Å². The van der Waals surface area contributed by atoms with E-state index in [1.54, 1.807) is 6.07 Å². The number of nitriles is 1. The molecule has 0 aliphatic carbocycles. The number of nitrogens with one attached hydrogen (secondary N) is 1. The van der Waals surface area contributed by atoms with Crippen molar-refractivity contribution in [1.82, 2.24) is 0 Å². The normalized spacial score (nSPS) is 10.7. The highest BCUT2D eigenvalue weighted by Gasteiger charge is 2.20. The van der Waals surface area contributed by atoms with Crippen LogP contribution in [0.2, 0.25) is 0 Å². The summed E-state index contributed by atoms with van der Waals surface area (Å²) in [5, 5.41) is 32.1. The van der Waals surface area contributed by atoms with Gasteiger partial charge in [-0.3, -0.25) is 14.9 Å². The van der Waals surface area contributed by atoms with Crippen molar-refractivity contribution in [1.29, 1.82) is 5.26 Å². The summed E-state index contributed by atoms with van der Waals surface area (Å²) in [5.41, 5.74) is -1.11. The van der Waals surface area contributed by atoms with E-state index < -0.39 is 33.7 Å². The van der Waals surface area contributed by atoms with Crippen molar-refractivity contribution in [3.8, 4) is 17.6 Å². The molecule has 9 heteroatoms. The number of benzene rings is 2. The smallest absolute Gasteiger partial charge is 0.315 e. The van der Waals surface area contributed by atoms with Crippen LogP contribution in [0, 0.1) is 27.3 Å². The minimum Gasteiger partial charge on any atom is -0.500 e. The molecule has 0 unspecified atom stereocenters. The lowest BCUT2D eigenvalue weighted by Crippen LogP contribution is -2.14. The van der Waals surface area contributed by atoms with E-state index in [2.05, 4.69) is 5.32 Å². The number of methoxy groups -OCH3 is 1. The molecule has 8 nitrogen and oxygen atoms in total. The third-order valence-corrected chi connectivity index (χ3v) is 3.29. The van der Waals surface area contributed by atoms with Gasteiger partial charge in [-0.05, 0) is 29.8 Å². The van der Waals surface area contributed by atoms with Crippen LogP contribution in [-0.2, 0) is 4.79 Å². The highest BCUT2D eigenvalue weighted by Crippen LogP contribution is 2.37. The minimum atomic E-state index is -0.896. The van der Waals surface area contributed by atoms with E-state index in [1.807, 2.05) is 0 Å². The molecule has 0 aliphatic rings.